The summed E-state index contributed by atoms with van der Waals surface area (Å²) in [4.78, 5) is 7.54. The number of rotatable bonds is 5. The topological polar surface area (TPSA) is 124 Å². The molecule has 9 heteroatoms. The first kappa shape index (κ1) is 12.9. The molecule has 5 N–H and O–H groups in total. The number of primary sulfonamides is 1. The van der Waals surface area contributed by atoms with Crippen molar-refractivity contribution in [2.24, 2.45) is 5.14 Å². The van der Waals surface area contributed by atoms with E-state index in [1.54, 1.807) is 0 Å². The van der Waals surface area contributed by atoms with Gasteiger partial charge in [0, 0.05) is 6.54 Å². The van der Waals surface area contributed by atoms with Gasteiger partial charge in [-0.15, -0.1) is 0 Å². The van der Waals surface area contributed by atoms with Gasteiger partial charge in [-0.1, -0.05) is 11.6 Å². The first-order valence-electron chi connectivity index (χ1n) is 4.40. The van der Waals surface area contributed by atoms with E-state index in [0.29, 0.717) is 18.8 Å². The number of nitrogens with one attached hydrogen (secondary N) is 1. The van der Waals surface area contributed by atoms with Crippen molar-refractivity contribution in [2.75, 3.05) is 23.3 Å². The van der Waals surface area contributed by atoms with Crippen LogP contribution in [-0.4, -0.2) is 30.7 Å². The molecule has 0 atom stereocenters. The number of nitrogens with two attached hydrogens (primary N) is 2. The van der Waals surface area contributed by atoms with E-state index >= 15 is 0 Å². The molecule has 0 spiro atoms. The van der Waals surface area contributed by atoms with Crippen molar-refractivity contribution in [2.45, 2.75) is 6.42 Å². The Morgan fingerprint density at radius 1 is 1.44 bits per heavy atom. The molecule has 0 unspecified atom stereocenters. The van der Waals surface area contributed by atoms with Gasteiger partial charge in [0.25, 0.3) is 0 Å². The van der Waals surface area contributed by atoms with Crippen LogP contribution in [0.25, 0.3) is 0 Å². The standard InChI is InChI=1S/C7H12ClN5O2S/c8-6-5(9)7(13-4-12-6)11-2-1-3-16(10,14)15/h4H,1-3,9H2,(H2,10,14,15)(H,11,12,13). The lowest BCUT2D eigenvalue weighted by atomic mass is 10.4. The van der Waals surface area contributed by atoms with E-state index in [9.17, 15) is 8.42 Å². The molecule has 0 aliphatic carbocycles. The number of hydrogen-bond acceptors (Lipinski definition) is 6. The van der Waals surface area contributed by atoms with Gasteiger partial charge in [0.15, 0.2) is 11.0 Å². The molecule has 1 aromatic heterocycles. The minimum atomic E-state index is -3.43. The zero-order chi connectivity index (χ0) is 12.2. The molecule has 90 valence electrons. The van der Waals surface area contributed by atoms with Crippen molar-refractivity contribution in [1.29, 1.82) is 0 Å². The Labute approximate surface area is 98.3 Å². The molecule has 0 aliphatic heterocycles. The molecule has 0 saturated heterocycles. The van der Waals surface area contributed by atoms with E-state index in [1.165, 1.54) is 6.33 Å². The van der Waals surface area contributed by atoms with Gasteiger partial charge in [0.05, 0.1) is 5.75 Å². The van der Waals surface area contributed by atoms with Gasteiger partial charge in [-0.05, 0) is 6.42 Å². The van der Waals surface area contributed by atoms with Gasteiger partial charge in [-0.25, -0.2) is 23.5 Å². The fourth-order valence-electron chi connectivity index (χ4n) is 0.995. The second kappa shape index (κ2) is 5.28. The summed E-state index contributed by atoms with van der Waals surface area (Å²) in [6.07, 6.45) is 1.63. The quantitative estimate of drug-likeness (QED) is 0.500. The highest BCUT2D eigenvalue weighted by Crippen LogP contribution is 2.21. The molecule has 1 heterocycles. The average molecular weight is 266 g/mol. The summed E-state index contributed by atoms with van der Waals surface area (Å²) in [6, 6.07) is 0. The Morgan fingerprint density at radius 2 is 2.12 bits per heavy atom. The maximum atomic E-state index is 10.6. The summed E-state index contributed by atoms with van der Waals surface area (Å²) in [5.74, 6) is 0.285. The minimum Gasteiger partial charge on any atom is -0.393 e. The normalized spacial score (nSPS) is 11.4. The molecule has 7 nitrogen and oxygen atoms in total. The fourth-order valence-corrected chi connectivity index (χ4v) is 1.67. The highest BCUT2D eigenvalue weighted by atomic mass is 35.5. The summed E-state index contributed by atoms with van der Waals surface area (Å²) in [5.41, 5.74) is 5.82. The first-order valence-corrected chi connectivity index (χ1v) is 6.50. The third-order valence-corrected chi connectivity index (χ3v) is 2.89. The van der Waals surface area contributed by atoms with E-state index in [2.05, 4.69) is 15.3 Å². The molecule has 16 heavy (non-hydrogen) atoms. The monoisotopic (exact) mass is 265 g/mol. The van der Waals surface area contributed by atoms with Crippen molar-refractivity contribution in [3.8, 4) is 0 Å². The smallest absolute Gasteiger partial charge is 0.209 e. The van der Waals surface area contributed by atoms with Crippen LogP contribution in [-0.2, 0) is 10.0 Å². The zero-order valence-electron chi connectivity index (χ0n) is 8.35. The van der Waals surface area contributed by atoms with E-state index in [0.717, 1.165) is 0 Å². The van der Waals surface area contributed by atoms with Gasteiger partial charge in [0.2, 0.25) is 10.0 Å². The summed E-state index contributed by atoms with van der Waals surface area (Å²) in [6.45, 7) is 0.383. The lowest BCUT2D eigenvalue weighted by molar-refractivity contribution is 0.596. The predicted molar refractivity (Wildman–Crippen MR) is 62.5 cm³/mol. The van der Waals surface area contributed by atoms with Gasteiger partial charge < -0.3 is 11.1 Å². The Hall–Kier alpha value is -1.12. The van der Waals surface area contributed by atoms with Gasteiger partial charge >= 0.3 is 0 Å². The lowest BCUT2D eigenvalue weighted by Gasteiger charge is -2.07. The van der Waals surface area contributed by atoms with E-state index in [4.69, 9.17) is 22.5 Å². The molecule has 0 radical (unpaired) electrons. The second-order valence-corrected chi connectivity index (χ2v) is 5.17. The number of hydrogen-bond donors (Lipinski definition) is 3. The molecule has 0 aromatic carbocycles. The maximum Gasteiger partial charge on any atom is 0.209 e. The van der Waals surface area contributed by atoms with Crippen LogP contribution in [0.4, 0.5) is 11.5 Å². The number of aromatic nitrogens is 2. The van der Waals surface area contributed by atoms with E-state index < -0.39 is 10.0 Å². The number of anilines is 2. The van der Waals surface area contributed by atoms with Crippen molar-refractivity contribution in [3.63, 3.8) is 0 Å². The Bertz CT molecular complexity index is 464. The van der Waals surface area contributed by atoms with Crippen LogP contribution in [0.5, 0.6) is 0 Å². The van der Waals surface area contributed by atoms with E-state index in [-0.39, 0.29) is 16.6 Å². The summed E-state index contributed by atoms with van der Waals surface area (Å²) in [7, 11) is -3.43. The van der Waals surface area contributed by atoms with Crippen LogP contribution in [0.15, 0.2) is 6.33 Å². The van der Waals surface area contributed by atoms with E-state index in [1.807, 2.05) is 0 Å². The highest BCUT2D eigenvalue weighted by Gasteiger charge is 2.06. The van der Waals surface area contributed by atoms with Crippen LogP contribution in [0.1, 0.15) is 6.42 Å². The molecule has 0 saturated carbocycles. The lowest BCUT2D eigenvalue weighted by Crippen LogP contribution is -2.19. The Balaban J connectivity index is 2.47. The van der Waals surface area contributed by atoms with Crippen LogP contribution < -0.4 is 16.2 Å². The van der Waals surface area contributed by atoms with Crippen molar-refractivity contribution >= 4 is 33.1 Å². The average Bonchev–Trinajstić information content (AvgIpc) is 2.17. The molecule has 0 aliphatic rings. The van der Waals surface area contributed by atoms with Crippen LogP contribution >= 0.6 is 11.6 Å². The zero-order valence-corrected chi connectivity index (χ0v) is 9.92. The van der Waals surface area contributed by atoms with Crippen molar-refractivity contribution in [3.05, 3.63) is 11.5 Å². The number of nitrogen functional groups attached to an aromatic ring is 1. The third kappa shape index (κ3) is 4.17. The highest BCUT2D eigenvalue weighted by molar-refractivity contribution is 7.89. The van der Waals surface area contributed by atoms with Crippen LogP contribution in [0.2, 0.25) is 5.15 Å². The van der Waals surface area contributed by atoms with Crippen LogP contribution in [0, 0.1) is 0 Å². The first-order chi connectivity index (χ1) is 7.40. The molecular formula is C7H12ClN5O2S. The Morgan fingerprint density at radius 3 is 2.75 bits per heavy atom. The predicted octanol–water partition coefficient (Wildman–Crippen LogP) is -0.197. The second-order valence-electron chi connectivity index (χ2n) is 3.07. The molecule has 0 bridgehead atoms. The van der Waals surface area contributed by atoms with Crippen molar-refractivity contribution < 1.29 is 8.42 Å². The molecule has 1 aromatic rings. The SMILES string of the molecule is Nc1c(Cl)ncnc1NCCCS(N)(=O)=O. The number of nitrogens with zero attached hydrogens (tertiary/aromatic N) is 2. The van der Waals surface area contributed by atoms with Crippen molar-refractivity contribution in [1.82, 2.24) is 9.97 Å². The molecule has 1 rings (SSSR count). The molecule has 0 amide bonds. The minimum absolute atomic E-state index is 0.0985. The summed E-state index contributed by atoms with van der Waals surface area (Å²) in [5, 5.41) is 7.84. The maximum absolute atomic E-state index is 10.6. The number of halogens is 1. The summed E-state index contributed by atoms with van der Waals surface area (Å²) >= 11 is 5.67. The Kier molecular flexibility index (Phi) is 4.27. The fraction of sp³-hybridized carbons (Fsp3) is 0.429. The van der Waals surface area contributed by atoms with Crippen LogP contribution in [0.3, 0.4) is 0 Å². The molecule has 0 fully saturated rings. The van der Waals surface area contributed by atoms with Gasteiger partial charge in [-0.3, -0.25) is 0 Å². The molecular weight excluding hydrogens is 254 g/mol. The summed E-state index contributed by atoms with van der Waals surface area (Å²) < 4.78 is 21.3. The van der Waals surface area contributed by atoms with Gasteiger partial charge in [0.1, 0.15) is 12.0 Å². The number of sulfonamides is 1. The third-order valence-electron chi connectivity index (χ3n) is 1.73. The van der Waals surface area contributed by atoms with Gasteiger partial charge in [-0.2, -0.15) is 0 Å². The largest absolute Gasteiger partial charge is 0.393 e.